The van der Waals surface area contributed by atoms with Crippen LogP contribution in [0.25, 0.3) is 0 Å². The molecule has 0 saturated heterocycles. The molecule has 0 unspecified atom stereocenters. The molecule has 0 heterocycles. The smallest absolute Gasteiger partial charge is 0.311 e. The Hall–Kier alpha value is -1.62. The van der Waals surface area contributed by atoms with E-state index in [2.05, 4.69) is 22.3 Å². The molecule has 1 fully saturated rings. The van der Waals surface area contributed by atoms with Gasteiger partial charge in [-0.2, -0.15) is 0 Å². The Labute approximate surface area is 144 Å². The lowest BCUT2D eigenvalue weighted by molar-refractivity contribution is -0.151. The van der Waals surface area contributed by atoms with Gasteiger partial charge in [0.1, 0.15) is 0 Å². The SMILES string of the molecule is CCOC(=O)[C@H]1CCCC[C@H]1N(Cc1ccccc1)C(=S)NC. The van der Waals surface area contributed by atoms with Crippen molar-refractivity contribution in [3.63, 3.8) is 0 Å². The fourth-order valence-corrected chi connectivity index (χ4v) is 3.47. The third-order valence-electron chi connectivity index (χ3n) is 4.39. The van der Waals surface area contributed by atoms with Crippen LogP contribution in [0.3, 0.4) is 0 Å². The second-order valence-corrected chi connectivity index (χ2v) is 6.27. The maximum Gasteiger partial charge on any atom is 0.311 e. The van der Waals surface area contributed by atoms with Crippen LogP contribution in [0.1, 0.15) is 38.2 Å². The number of nitrogens with one attached hydrogen (secondary N) is 1. The maximum atomic E-state index is 12.4. The van der Waals surface area contributed by atoms with Crippen molar-refractivity contribution in [2.75, 3.05) is 13.7 Å². The molecule has 2 atom stereocenters. The minimum Gasteiger partial charge on any atom is -0.466 e. The van der Waals surface area contributed by atoms with E-state index in [9.17, 15) is 4.79 Å². The second kappa shape index (κ2) is 8.87. The lowest BCUT2D eigenvalue weighted by atomic mass is 9.83. The minimum atomic E-state index is -0.0984. The van der Waals surface area contributed by atoms with Gasteiger partial charge < -0.3 is 15.0 Å². The molecule has 23 heavy (non-hydrogen) atoms. The highest BCUT2D eigenvalue weighted by molar-refractivity contribution is 7.80. The predicted octanol–water partition coefficient (Wildman–Crippen LogP) is 3.11. The summed E-state index contributed by atoms with van der Waals surface area (Å²) in [7, 11) is 1.84. The van der Waals surface area contributed by atoms with Gasteiger partial charge in [0, 0.05) is 19.6 Å². The summed E-state index contributed by atoms with van der Waals surface area (Å²) >= 11 is 5.52. The van der Waals surface area contributed by atoms with Crippen molar-refractivity contribution >= 4 is 23.3 Å². The van der Waals surface area contributed by atoms with Gasteiger partial charge in [-0.1, -0.05) is 43.2 Å². The first kappa shape index (κ1) is 17.7. The van der Waals surface area contributed by atoms with Crippen LogP contribution in [0.15, 0.2) is 30.3 Å². The molecule has 126 valence electrons. The molecule has 5 heteroatoms. The average molecular weight is 334 g/mol. The van der Waals surface area contributed by atoms with Crippen molar-refractivity contribution in [1.29, 1.82) is 0 Å². The number of thiocarbonyl (C=S) groups is 1. The topological polar surface area (TPSA) is 41.6 Å². The molecule has 0 aliphatic heterocycles. The van der Waals surface area contributed by atoms with Crippen LogP contribution in [-0.2, 0) is 16.1 Å². The molecule has 2 rings (SSSR count). The number of benzene rings is 1. The molecule has 0 radical (unpaired) electrons. The van der Waals surface area contributed by atoms with Crippen LogP contribution in [0.5, 0.6) is 0 Å². The molecule has 1 aliphatic rings. The predicted molar refractivity (Wildman–Crippen MR) is 96.0 cm³/mol. The average Bonchev–Trinajstić information content (AvgIpc) is 2.60. The third-order valence-corrected chi connectivity index (χ3v) is 4.83. The lowest BCUT2D eigenvalue weighted by Crippen LogP contribution is -2.51. The molecule has 1 aliphatic carbocycles. The van der Waals surface area contributed by atoms with Crippen molar-refractivity contribution in [1.82, 2.24) is 10.2 Å². The van der Waals surface area contributed by atoms with Gasteiger partial charge in [-0.25, -0.2) is 0 Å². The Balaban J connectivity index is 2.21. The van der Waals surface area contributed by atoms with Crippen molar-refractivity contribution in [3.8, 4) is 0 Å². The van der Waals surface area contributed by atoms with Crippen LogP contribution in [-0.4, -0.2) is 35.7 Å². The molecule has 0 amide bonds. The van der Waals surface area contributed by atoms with E-state index in [1.54, 1.807) is 0 Å². The van der Waals surface area contributed by atoms with Crippen LogP contribution >= 0.6 is 12.2 Å². The van der Waals surface area contributed by atoms with E-state index in [0.717, 1.165) is 25.7 Å². The fourth-order valence-electron chi connectivity index (χ4n) is 3.27. The Morgan fingerprint density at radius 2 is 2.00 bits per heavy atom. The molecule has 4 nitrogen and oxygen atoms in total. The fraction of sp³-hybridized carbons (Fsp3) is 0.556. The van der Waals surface area contributed by atoms with Gasteiger partial charge in [0.05, 0.1) is 12.5 Å². The molecule has 1 aromatic rings. The molecular weight excluding hydrogens is 308 g/mol. The number of esters is 1. The zero-order valence-electron chi connectivity index (χ0n) is 14.0. The van der Waals surface area contributed by atoms with Gasteiger partial charge in [0.15, 0.2) is 5.11 Å². The zero-order chi connectivity index (χ0) is 16.7. The zero-order valence-corrected chi connectivity index (χ0v) is 14.8. The van der Waals surface area contributed by atoms with E-state index < -0.39 is 0 Å². The Kier molecular flexibility index (Phi) is 6.84. The Morgan fingerprint density at radius 3 is 2.65 bits per heavy atom. The van der Waals surface area contributed by atoms with Crippen LogP contribution in [0, 0.1) is 5.92 Å². The second-order valence-electron chi connectivity index (χ2n) is 5.88. The first-order valence-corrected chi connectivity index (χ1v) is 8.77. The van der Waals surface area contributed by atoms with Gasteiger partial charge in [0.2, 0.25) is 0 Å². The van der Waals surface area contributed by atoms with E-state index in [1.807, 2.05) is 32.2 Å². The molecule has 1 saturated carbocycles. The van der Waals surface area contributed by atoms with Gasteiger partial charge in [-0.3, -0.25) is 4.79 Å². The highest BCUT2D eigenvalue weighted by Crippen LogP contribution is 2.30. The van der Waals surface area contributed by atoms with E-state index in [-0.39, 0.29) is 17.9 Å². The van der Waals surface area contributed by atoms with Gasteiger partial charge in [0.25, 0.3) is 0 Å². The number of rotatable bonds is 5. The molecule has 1 N–H and O–H groups in total. The van der Waals surface area contributed by atoms with E-state index >= 15 is 0 Å². The molecule has 0 bridgehead atoms. The quantitative estimate of drug-likeness (QED) is 0.662. The standard InChI is InChI=1S/C18H26N2O2S/c1-3-22-17(21)15-11-7-8-12-16(15)20(18(23)19-2)13-14-9-5-4-6-10-14/h4-6,9-10,15-16H,3,7-8,11-13H2,1-2H3,(H,19,23)/t15-,16+/m0/s1. The molecule has 0 spiro atoms. The molecule has 1 aromatic carbocycles. The number of nitrogens with zero attached hydrogens (tertiary/aromatic N) is 1. The number of hydrogen-bond donors (Lipinski definition) is 1. The number of ether oxygens (including phenoxy) is 1. The van der Waals surface area contributed by atoms with E-state index in [1.165, 1.54) is 5.56 Å². The number of carbonyl (C=O) groups excluding carboxylic acids is 1. The van der Waals surface area contributed by atoms with Crippen molar-refractivity contribution in [3.05, 3.63) is 35.9 Å². The van der Waals surface area contributed by atoms with Gasteiger partial charge in [-0.05, 0) is 37.5 Å². The summed E-state index contributed by atoms with van der Waals surface area (Å²) in [4.78, 5) is 14.5. The minimum absolute atomic E-state index is 0.0887. The maximum absolute atomic E-state index is 12.4. The highest BCUT2D eigenvalue weighted by atomic mass is 32.1. The largest absolute Gasteiger partial charge is 0.466 e. The summed E-state index contributed by atoms with van der Waals surface area (Å²) in [5.74, 6) is -0.187. The Bertz CT molecular complexity index is 521. The Morgan fingerprint density at radius 1 is 1.30 bits per heavy atom. The summed E-state index contributed by atoms with van der Waals surface area (Å²) in [5, 5.41) is 3.77. The number of carbonyl (C=O) groups is 1. The van der Waals surface area contributed by atoms with Gasteiger partial charge in [-0.15, -0.1) is 0 Å². The summed E-state index contributed by atoms with van der Waals surface area (Å²) in [6.45, 7) is 2.99. The van der Waals surface area contributed by atoms with E-state index in [4.69, 9.17) is 17.0 Å². The van der Waals surface area contributed by atoms with Crippen molar-refractivity contribution in [2.24, 2.45) is 5.92 Å². The number of hydrogen-bond acceptors (Lipinski definition) is 3. The van der Waals surface area contributed by atoms with Gasteiger partial charge >= 0.3 is 5.97 Å². The van der Waals surface area contributed by atoms with Crippen molar-refractivity contribution in [2.45, 2.75) is 45.2 Å². The monoisotopic (exact) mass is 334 g/mol. The summed E-state index contributed by atoms with van der Waals surface area (Å²) < 4.78 is 5.30. The summed E-state index contributed by atoms with van der Waals surface area (Å²) in [5.41, 5.74) is 1.19. The van der Waals surface area contributed by atoms with Crippen LogP contribution in [0.2, 0.25) is 0 Å². The molecular formula is C18H26N2O2S. The first-order chi connectivity index (χ1) is 11.2. The summed E-state index contributed by atoms with van der Waals surface area (Å²) in [6, 6.07) is 10.3. The normalized spacial score (nSPS) is 20.6. The van der Waals surface area contributed by atoms with Crippen LogP contribution in [0.4, 0.5) is 0 Å². The van der Waals surface area contributed by atoms with Crippen molar-refractivity contribution < 1.29 is 9.53 Å². The van der Waals surface area contributed by atoms with Crippen LogP contribution < -0.4 is 5.32 Å². The molecule has 0 aromatic heterocycles. The van der Waals surface area contributed by atoms with E-state index in [0.29, 0.717) is 18.3 Å². The third kappa shape index (κ3) is 4.67. The summed E-state index contributed by atoms with van der Waals surface area (Å²) in [6.07, 6.45) is 4.04. The lowest BCUT2D eigenvalue weighted by Gasteiger charge is -2.40. The highest BCUT2D eigenvalue weighted by Gasteiger charge is 2.36. The first-order valence-electron chi connectivity index (χ1n) is 8.36.